The van der Waals surface area contributed by atoms with Crippen LogP contribution in [0.25, 0.3) is 0 Å². The minimum Gasteiger partial charge on any atom is -0.409 e. The Bertz CT molecular complexity index is 507. The van der Waals surface area contributed by atoms with Gasteiger partial charge in [0.05, 0.1) is 12.1 Å². The Hall–Kier alpha value is -1.46. The van der Waals surface area contributed by atoms with Crippen molar-refractivity contribution in [1.82, 2.24) is 0 Å². The summed E-state index contributed by atoms with van der Waals surface area (Å²) in [5.41, 5.74) is 7.09. The smallest absolute Gasteiger partial charge is 0.172 e. The fourth-order valence-corrected chi connectivity index (χ4v) is 2.97. The Kier molecular flexibility index (Phi) is 4.73. The van der Waals surface area contributed by atoms with E-state index >= 15 is 0 Å². The minimum atomic E-state index is -0.357. The molecule has 2 rings (SSSR count). The van der Waals surface area contributed by atoms with Crippen molar-refractivity contribution < 1.29 is 10.3 Å². The summed E-state index contributed by atoms with van der Waals surface area (Å²) in [6.45, 7) is 0. The average Bonchev–Trinajstić information content (AvgIpc) is 2.46. The second-order valence-corrected chi connectivity index (χ2v) is 5.61. The van der Waals surface area contributed by atoms with E-state index < -0.39 is 0 Å². The van der Waals surface area contributed by atoms with Crippen molar-refractivity contribution >= 4 is 23.1 Å². The van der Waals surface area contributed by atoms with Crippen LogP contribution in [0.1, 0.15) is 31.2 Å². The summed E-state index contributed by atoms with van der Waals surface area (Å²) < 4.78 is 0. The van der Waals surface area contributed by atoms with Gasteiger partial charge in [0.1, 0.15) is 0 Å². The van der Waals surface area contributed by atoms with Crippen molar-refractivity contribution in [3.63, 3.8) is 0 Å². The van der Waals surface area contributed by atoms with Gasteiger partial charge in [0, 0.05) is 23.3 Å². The molecule has 4 N–H and O–H groups in total. The molecule has 5 nitrogen and oxygen atoms in total. The van der Waals surface area contributed by atoms with Gasteiger partial charge >= 0.3 is 0 Å². The van der Waals surface area contributed by atoms with Crippen molar-refractivity contribution in [3.8, 4) is 0 Å². The fourth-order valence-electron chi connectivity index (χ4n) is 2.80. The number of halogens is 1. The molecule has 6 heteroatoms. The summed E-state index contributed by atoms with van der Waals surface area (Å²) in [7, 11) is 1.91. The van der Waals surface area contributed by atoms with Crippen molar-refractivity contribution in [3.05, 3.63) is 28.8 Å². The van der Waals surface area contributed by atoms with E-state index in [4.69, 9.17) is 22.5 Å². The molecule has 0 radical (unpaired) electrons. The lowest BCUT2D eigenvalue weighted by atomic mass is 9.91. The van der Waals surface area contributed by atoms with Gasteiger partial charge in [0.25, 0.3) is 0 Å². The van der Waals surface area contributed by atoms with Crippen LogP contribution in [0.3, 0.4) is 0 Å². The molecule has 0 aliphatic heterocycles. The van der Waals surface area contributed by atoms with Gasteiger partial charge < -0.3 is 20.9 Å². The van der Waals surface area contributed by atoms with Crippen LogP contribution in [-0.4, -0.2) is 35.3 Å². The quantitative estimate of drug-likeness (QED) is 0.346. The molecular weight excluding hydrogens is 278 g/mol. The van der Waals surface area contributed by atoms with Crippen LogP contribution in [0, 0.1) is 0 Å². The normalized spacial score (nSPS) is 23.6. The summed E-state index contributed by atoms with van der Waals surface area (Å²) in [5.74, 6) is 0.0136. The largest absolute Gasteiger partial charge is 0.409 e. The Morgan fingerprint density at radius 3 is 2.75 bits per heavy atom. The molecule has 1 aliphatic carbocycles. The molecule has 1 aliphatic rings. The average molecular weight is 298 g/mol. The number of nitrogens with zero attached hydrogens (tertiary/aromatic N) is 2. The Morgan fingerprint density at radius 1 is 1.40 bits per heavy atom. The third-order valence-corrected chi connectivity index (χ3v) is 4.15. The lowest BCUT2D eigenvalue weighted by Crippen LogP contribution is -2.44. The number of aliphatic hydroxyl groups is 1. The van der Waals surface area contributed by atoms with E-state index in [1.807, 2.05) is 18.0 Å². The number of amidine groups is 1. The lowest BCUT2D eigenvalue weighted by molar-refractivity contribution is 0.106. The van der Waals surface area contributed by atoms with Gasteiger partial charge in [-0.2, -0.15) is 0 Å². The zero-order valence-electron chi connectivity index (χ0n) is 11.5. The van der Waals surface area contributed by atoms with Crippen LogP contribution in [0.2, 0.25) is 5.02 Å². The number of likely N-dealkylation sites (N-methyl/N-ethyl adjacent to an activating group) is 1. The Labute approximate surface area is 123 Å². The maximum absolute atomic E-state index is 10.2. The van der Waals surface area contributed by atoms with Gasteiger partial charge in [-0.1, -0.05) is 29.6 Å². The molecule has 0 spiro atoms. The monoisotopic (exact) mass is 297 g/mol. The standard InChI is InChI=1S/C14H20ClN3O2/c1-18(12-4-2-3-5-13(12)19)11-7-6-9(15)8-10(11)14(16)17-20/h6-8,12-13,19-20H,2-5H2,1H3,(H2,16,17). The van der Waals surface area contributed by atoms with E-state index in [9.17, 15) is 5.11 Å². The highest BCUT2D eigenvalue weighted by molar-refractivity contribution is 6.31. The predicted molar refractivity (Wildman–Crippen MR) is 80.6 cm³/mol. The van der Waals surface area contributed by atoms with Crippen LogP contribution in [0.15, 0.2) is 23.4 Å². The highest BCUT2D eigenvalue weighted by Crippen LogP contribution is 2.30. The number of rotatable bonds is 3. The van der Waals surface area contributed by atoms with Crippen LogP contribution >= 0.6 is 11.6 Å². The molecular formula is C14H20ClN3O2. The first-order valence-corrected chi connectivity index (χ1v) is 7.10. The molecule has 110 valence electrons. The molecule has 1 saturated carbocycles. The van der Waals surface area contributed by atoms with Crippen LogP contribution in [0.4, 0.5) is 5.69 Å². The molecule has 1 aromatic rings. The lowest BCUT2D eigenvalue weighted by Gasteiger charge is -2.37. The summed E-state index contributed by atoms with van der Waals surface area (Å²) in [5, 5.41) is 22.6. The van der Waals surface area contributed by atoms with E-state index in [2.05, 4.69) is 5.16 Å². The highest BCUT2D eigenvalue weighted by atomic mass is 35.5. The summed E-state index contributed by atoms with van der Waals surface area (Å²) in [6.07, 6.45) is 3.53. The van der Waals surface area contributed by atoms with Crippen molar-refractivity contribution in [1.29, 1.82) is 0 Å². The zero-order valence-corrected chi connectivity index (χ0v) is 12.2. The number of hydrogen-bond donors (Lipinski definition) is 3. The van der Waals surface area contributed by atoms with Crippen molar-refractivity contribution in [2.75, 3.05) is 11.9 Å². The van der Waals surface area contributed by atoms with Crippen LogP contribution in [-0.2, 0) is 0 Å². The molecule has 0 saturated heterocycles. The second-order valence-electron chi connectivity index (χ2n) is 5.18. The first kappa shape index (κ1) is 14.9. The fraction of sp³-hybridized carbons (Fsp3) is 0.500. The van der Waals surface area contributed by atoms with E-state index in [0.717, 1.165) is 31.4 Å². The third-order valence-electron chi connectivity index (χ3n) is 3.91. The summed E-state index contributed by atoms with van der Waals surface area (Å²) in [4.78, 5) is 1.99. The maximum Gasteiger partial charge on any atom is 0.172 e. The van der Waals surface area contributed by atoms with E-state index in [-0.39, 0.29) is 18.0 Å². The number of nitrogens with two attached hydrogens (primary N) is 1. The number of hydrogen-bond acceptors (Lipinski definition) is 4. The molecule has 2 unspecified atom stereocenters. The van der Waals surface area contributed by atoms with Gasteiger partial charge in [-0.15, -0.1) is 0 Å². The number of oxime groups is 1. The molecule has 2 atom stereocenters. The molecule has 1 fully saturated rings. The minimum absolute atomic E-state index is 0.0136. The summed E-state index contributed by atoms with van der Waals surface area (Å²) >= 11 is 5.98. The van der Waals surface area contributed by atoms with Crippen LogP contribution < -0.4 is 10.6 Å². The molecule has 1 aromatic carbocycles. The SMILES string of the molecule is CN(c1ccc(Cl)cc1/C(N)=N/O)C1CCCCC1O. The molecule has 0 heterocycles. The third kappa shape index (κ3) is 2.99. The molecule has 0 bridgehead atoms. The number of anilines is 1. The second kappa shape index (κ2) is 6.33. The first-order chi connectivity index (χ1) is 9.54. The number of benzene rings is 1. The maximum atomic E-state index is 10.2. The molecule has 0 aromatic heterocycles. The topological polar surface area (TPSA) is 82.1 Å². The van der Waals surface area contributed by atoms with Gasteiger partial charge in [-0.05, 0) is 31.0 Å². The van der Waals surface area contributed by atoms with E-state index in [1.165, 1.54) is 0 Å². The number of aliphatic hydroxyl groups excluding tert-OH is 1. The Balaban J connectivity index is 2.36. The van der Waals surface area contributed by atoms with E-state index in [1.54, 1.807) is 12.1 Å². The first-order valence-electron chi connectivity index (χ1n) is 6.73. The molecule has 0 amide bonds. The van der Waals surface area contributed by atoms with Crippen molar-refractivity contribution in [2.24, 2.45) is 10.9 Å². The Morgan fingerprint density at radius 2 is 2.10 bits per heavy atom. The van der Waals surface area contributed by atoms with Gasteiger partial charge in [-0.25, -0.2) is 0 Å². The van der Waals surface area contributed by atoms with Gasteiger partial charge in [-0.3, -0.25) is 0 Å². The van der Waals surface area contributed by atoms with Gasteiger partial charge in [0.2, 0.25) is 0 Å². The molecule has 20 heavy (non-hydrogen) atoms. The zero-order chi connectivity index (χ0) is 14.7. The van der Waals surface area contributed by atoms with Crippen LogP contribution in [0.5, 0.6) is 0 Å². The van der Waals surface area contributed by atoms with Crippen molar-refractivity contribution in [2.45, 2.75) is 37.8 Å². The highest BCUT2D eigenvalue weighted by Gasteiger charge is 2.28. The van der Waals surface area contributed by atoms with E-state index in [0.29, 0.717) is 10.6 Å². The van der Waals surface area contributed by atoms with Gasteiger partial charge in [0.15, 0.2) is 5.84 Å². The predicted octanol–water partition coefficient (Wildman–Crippen LogP) is 2.17. The summed E-state index contributed by atoms with van der Waals surface area (Å²) in [6, 6.07) is 5.29.